The first-order chi connectivity index (χ1) is 8.41. The van der Waals surface area contributed by atoms with Gasteiger partial charge in [0.15, 0.2) is 0 Å². The molecule has 0 saturated heterocycles. The van der Waals surface area contributed by atoms with Crippen LogP contribution in [-0.4, -0.2) is 18.0 Å². The van der Waals surface area contributed by atoms with Crippen molar-refractivity contribution in [1.82, 2.24) is 5.32 Å². The fourth-order valence-electron chi connectivity index (χ4n) is 1.52. The molecule has 108 valence electrons. The minimum atomic E-state index is -0.536. The summed E-state index contributed by atoms with van der Waals surface area (Å²) in [6.07, 6.45) is 1.51. The summed E-state index contributed by atoms with van der Waals surface area (Å²) in [7, 11) is 0. The lowest BCUT2D eigenvalue weighted by Gasteiger charge is -2.26. The topological polar surface area (TPSA) is 55.1 Å². The van der Waals surface area contributed by atoms with Crippen molar-refractivity contribution in [2.24, 2.45) is 5.73 Å². The maximum Gasteiger partial charge on any atom is 0.254 e. The van der Waals surface area contributed by atoms with Crippen LogP contribution in [0.3, 0.4) is 0 Å². The third kappa shape index (κ3) is 5.09. The number of hydrogen-bond donors (Lipinski definition) is 2. The fraction of sp³-hybridized carbons (Fsp3) is 0.462. The number of nitrogens with two attached hydrogens (primary N) is 1. The molecule has 0 fully saturated rings. The van der Waals surface area contributed by atoms with Gasteiger partial charge in [0.05, 0.1) is 5.56 Å². The Morgan fingerprint density at radius 1 is 1.42 bits per heavy atom. The molecule has 0 aliphatic heterocycles. The van der Waals surface area contributed by atoms with Gasteiger partial charge in [-0.15, -0.1) is 12.4 Å². The molecule has 0 atom stereocenters. The van der Waals surface area contributed by atoms with Gasteiger partial charge in [-0.2, -0.15) is 0 Å². The molecule has 0 radical (unpaired) electrons. The van der Waals surface area contributed by atoms with E-state index in [-0.39, 0.29) is 18.0 Å². The van der Waals surface area contributed by atoms with E-state index in [0.717, 1.165) is 12.8 Å². The third-order valence-corrected chi connectivity index (χ3v) is 3.68. The van der Waals surface area contributed by atoms with E-state index in [1.807, 2.05) is 13.8 Å². The second kappa shape index (κ2) is 7.82. The van der Waals surface area contributed by atoms with Crippen LogP contribution in [0, 0.1) is 5.82 Å². The predicted octanol–water partition coefficient (Wildman–Crippen LogP) is 3.26. The summed E-state index contributed by atoms with van der Waals surface area (Å²) in [5.74, 6) is -0.975. The molecule has 0 unspecified atom stereocenters. The molecule has 1 amide bonds. The van der Waals surface area contributed by atoms with Gasteiger partial charge in [0.1, 0.15) is 5.82 Å². The van der Waals surface area contributed by atoms with Gasteiger partial charge < -0.3 is 11.1 Å². The Balaban J connectivity index is 0.00000324. The highest BCUT2D eigenvalue weighted by molar-refractivity contribution is 9.10. The average molecular weight is 354 g/mol. The van der Waals surface area contributed by atoms with Crippen molar-refractivity contribution in [2.45, 2.75) is 32.2 Å². The summed E-state index contributed by atoms with van der Waals surface area (Å²) >= 11 is 3.21. The van der Waals surface area contributed by atoms with Crippen LogP contribution in [0.4, 0.5) is 4.39 Å². The van der Waals surface area contributed by atoms with Crippen molar-refractivity contribution < 1.29 is 9.18 Å². The van der Waals surface area contributed by atoms with Crippen LogP contribution in [0.25, 0.3) is 0 Å². The SMILES string of the molecule is CCC(N)(CC)CNC(=O)c1cc(Br)ccc1F.Cl. The number of nitrogens with one attached hydrogen (secondary N) is 1. The van der Waals surface area contributed by atoms with Crippen molar-refractivity contribution in [1.29, 1.82) is 0 Å². The highest BCUT2D eigenvalue weighted by atomic mass is 79.9. The third-order valence-electron chi connectivity index (χ3n) is 3.18. The van der Waals surface area contributed by atoms with Gasteiger partial charge in [-0.3, -0.25) is 4.79 Å². The molecular weight excluding hydrogens is 335 g/mol. The minimum absolute atomic E-state index is 0. The molecule has 0 heterocycles. The zero-order valence-corrected chi connectivity index (χ0v) is 13.4. The zero-order valence-electron chi connectivity index (χ0n) is 11.0. The Bertz CT molecular complexity index is 439. The number of benzene rings is 1. The second-order valence-corrected chi connectivity index (χ2v) is 5.29. The van der Waals surface area contributed by atoms with E-state index >= 15 is 0 Å². The predicted molar refractivity (Wildman–Crippen MR) is 81.2 cm³/mol. The quantitative estimate of drug-likeness (QED) is 0.853. The zero-order chi connectivity index (χ0) is 13.8. The van der Waals surface area contributed by atoms with Gasteiger partial charge >= 0.3 is 0 Å². The summed E-state index contributed by atoms with van der Waals surface area (Å²) in [5, 5.41) is 2.68. The van der Waals surface area contributed by atoms with Crippen LogP contribution in [0.5, 0.6) is 0 Å². The number of amides is 1. The van der Waals surface area contributed by atoms with Gasteiger partial charge in [0, 0.05) is 16.6 Å². The van der Waals surface area contributed by atoms with Crippen molar-refractivity contribution in [3.8, 4) is 0 Å². The highest BCUT2D eigenvalue weighted by Gasteiger charge is 2.22. The largest absolute Gasteiger partial charge is 0.350 e. The van der Waals surface area contributed by atoms with E-state index in [0.29, 0.717) is 11.0 Å². The fourth-order valence-corrected chi connectivity index (χ4v) is 1.88. The van der Waals surface area contributed by atoms with Crippen LogP contribution in [0.15, 0.2) is 22.7 Å². The van der Waals surface area contributed by atoms with Crippen LogP contribution < -0.4 is 11.1 Å². The van der Waals surface area contributed by atoms with Crippen molar-refractivity contribution >= 4 is 34.2 Å². The highest BCUT2D eigenvalue weighted by Crippen LogP contribution is 2.16. The number of carbonyl (C=O) groups excluding carboxylic acids is 1. The van der Waals surface area contributed by atoms with Crippen LogP contribution in [0.1, 0.15) is 37.0 Å². The molecule has 0 aliphatic rings. The van der Waals surface area contributed by atoms with Crippen LogP contribution >= 0.6 is 28.3 Å². The lowest BCUT2D eigenvalue weighted by Crippen LogP contribution is -2.49. The lowest BCUT2D eigenvalue weighted by atomic mass is 9.94. The summed E-state index contributed by atoms with van der Waals surface area (Å²) in [5.41, 5.74) is 5.67. The number of carbonyl (C=O) groups is 1. The van der Waals surface area contributed by atoms with E-state index in [1.54, 1.807) is 6.07 Å². The maximum atomic E-state index is 13.5. The normalized spacial score (nSPS) is 10.8. The smallest absolute Gasteiger partial charge is 0.254 e. The Morgan fingerprint density at radius 2 is 2.00 bits per heavy atom. The van der Waals surface area contributed by atoms with Crippen LogP contribution in [-0.2, 0) is 0 Å². The minimum Gasteiger partial charge on any atom is -0.350 e. The molecule has 0 aromatic heterocycles. The molecule has 6 heteroatoms. The molecular formula is C13H19BrClFN2O. The Kier molecular flexibility index (Phi) is 7.55. The standard InChI is InChI=1S/C13H18BrFN2O.ClH/c1-3-13(16,4-2)8-17-12(18)10-7-9(14)5-6-11(10)15;/h5-7H,3-4,8,16H2,1-2H3,(H,17,18);1H. The van der Waals surface area contributed by atoms with Gasteiger partial charge in [0.2, 0.25) is 0 Å². The monoisotopic (exact) mass is 352 g/mol. The molecule has 1 aromatic carbocycles. The van der Waals surface area contributed by atoms with E-state index in [9.17, 15) is 9.18 Å². The van der Waals surface area contributed by atoms with Crippen molar-refractivity contribution in [3.63, 3.8) is 0 Å². The van der Waals surface area contributed by atoms with Crippen molar-refractivity contribution in [2.75, 3.05) is 6.54 Å². The summed E-state index contributed by atoms with van der Waals surface area (Å²) < 4.78 is 14.2. The molecule has 0 bridgehead atoms. The molecule has 3 N–H and O–H groups in total. The Hall–Kier alpha value is -0.650. The first-order valence-corrected chi connectivity index (χ1v) is 6.73. The lowest BCUT2D eigenvalue weighted by molar-refractivity contribution is 0.0938. The Labute approximate surface area is 127 Å². The van der Waals surface area contributed by atoms with Crippen molar-refractivity contribution in [3.05, 3.63) is 34.1 Å². The molecule has 0 aliphatic carbocycles. The summed E-state index contributed by atoms with van der Waals surface area (Å²) in [6, 6.07) is 4.27. The van der Waals surface area contributed by atoms with Gasteiger partial charge in [0.25, 0.3) is 5.91 Å². The summed E-state index contributed by atoms with van der Waals surface area (Å²) in [6.45, 7) is 4.27. The van der Waals surface area contributed by atoms with E-state index in [2.05, 4.69) is 21.2 Å². The number of halogens is 3. The Morgan fingerprint density at radius 3 is 2.53 bits per heavy atom. The van der Waals surface area contributed by atoms with Gasteiger partial charge in [-0.1, -0.05) is 29.8 Å². The molecule has 3 nitrogen and oxygen atoms in total. The molecule has 1 aromatic rings. The van der Waals surface area contributed by atoms with E-state index in [1.165, 1.54) is 12.1 Å². The number of rotatable bonds is 5. The van der Waals surface area contributed by atoms with Gasteiger partial charge in [-0.05, 0) is 31.0 Å². The molecule has 0 spiro atoms. The van der Waals surface area contributed by atoms with E-state index in [4.69, 9.17) is 5.73 Å². The van der Waals surface area contributed by atoms with E-state index < -0.39 is 17.3 Å². The van der Waals surface area contributed by atoms with Crippen LogP contribution in [0.2, 0.25) is 0 Å². The molecule has 19 heavy (non-hydrogen) atoms. The average Bonchev–Trinajstić information content (AvgIpc) is 2.38. The molecule has 1 rings (SSSR count). The number of hydrogen-bond acceptors (Lipinski definition) is 2. The first-order valence-electron chi connectivity index (χ1n) is 5.94. The first kappa shape index (κ1) is 18.4. The summed E-state index contributed by atoms with van der Waals surface area (Å²) in [4.78, 5) is 11.9. The van der Waals surface area contributed by atoms with Gasteiger partial charge in [-0.25, -0.2) is 4.39 Å². The molecule has 0 saturated carbocycles. The maximum absolute atomic E-state index is 13.5. The second-order valence-electron chi connectivity index (χ2n) is 4.38.